The van der Waals surface area contributed by atoms with Gasteiger partial charge in [-0.05, 0) is 30.9 Å². The second kappa shape index (κ2) is 4.76. The molecule has 0 radical (unpaired) electrons. The maximum absolute atomic E-state index is 12.6. The van der Waals surface area contributed by atoms with Crippen LogP contribution in [-0.4, -0.2) is 56.4 Å². The molecule has 2 aliphatic carbocycles. The van der Waals surface area contributed by atoms with Crippen LogP contribution in [0.5, 0.6) is 11.5 Å². The molecule has 7 heteroatoms. The van der Waals surface area contributed by atoms with Gasteiger partial charge in [-0.2, -0.15) is 0 Å². The van der Waals surface area contributed by atoms with E-state index in [0.717, 1.165) is 11.1 Å². The molecule has 6 nitrogen and oxygen atoms in total. The van der Waals surface area contributed by atoms with E-state index in [4.69, 9.17) is 4.74 Å². The molecule has 1 saturated carbocycles. The van der Waals surface area contributed by atoms with Crippen molar-refractivity contribution in [2.75, 3.05) is 11.9 Å². The zero-order valence-electron chi connectivity index (χ0n) is 13.5. The number of hydrogen-bond donors (Lipinski definition) is 2. The number of carbonyl (C=O) groups excluding carboxylic acids is 2. The normalized spacial score (nSPS) is 37.5. The van der Waals surface area contributed by atoms with Crippen LogP contribution >= 0.6 is 15.9 Å². The quantitative estimate of drug-likeness (QED) is 0.679. The zero-order chi connectivity index (χ0) is 17.6. The van der Waals surface area contributed by atoms with E-state index >= 15 is 0 Å². The highest BCUT2D eigenvalue weighted by Gasteiger charge is 2.73. The van der Waals surface area contributed by atoms with Crippen molar-refractivity contribution in [1.29, 1.82) is 0 Å². The van der Waals surface area contributed by atoms with Crippen molar-refractivity contribution in [3.8, 4) is 11.5 Å². The Morgan fingerprint density at radius 2 is 2.20 bits per heavy atom. The summed E-state index contributed by atoms with van der Waals surface area (Å²) in [5, 5.41) is 22.3. The molecular formula is C18H18BrNO5. The number of rotatable bonds is 1. The van der Waals surface area contributed by atoms with Crippen LogP contribution in [0.4, 0.5) is 0 Å². The Morgan fingerprint density at radius 3 is 2.96 bits per heavy atom. The number of aliphatic hydroxyl groups is 1. The van der Waals surface area contributed by atoms with Crippen molar-refractivity contribution in [3.63, 3.8) is 0 Å². The molecule has 1 aromatic carbocycles. The standard InChI is InChI=1S/C18H18BrNO5/c19-8-13(23)20-6-5-17-14-9-1-2-10(21)15(14)25-16(17)11(22)3-4-18(17,24)12(20)7-9/h1-2,12,16,21,24H,3-8H2/t12-,16+,17+,18-/m1/s1. The number of benzene rings is 1. The molecule has 4 atom stereocenters. The van der Waals surface area contributed by atoms with Gasteiger partial charge in [0.15, 0.2) is 23.4 Å². The van der Waals surface area contributed by atoms with Crippen molar-refractivity contribution < 1.29 is 24.5 Å². The number of likely N-dealkylation sites (tertiary alicyclic amines) is 1. The number of hydrogen-bond acceptors (Lipinski definition) is 5. The number of carbonyl (C=O) groups is 2. The lowest BCUT2D eigenvalue weighted by Gasteiger charge is -2.62. The summed E-state index contributed by atoms with van der Waals surface area (Å²) in [6.07, 6.45) is 0.719. The van der Waals surface area contributed by atoms with Crippen LogP contribution in [-0.2, 0) is 21.4 Å². The number of phenols is 1. The van der Waals surface area contributed by atoms with Gasteiger partial charge in [0.1, 0.15) is 0 Å². The van der Waals surface area contributed by atoms with Gasteiger partial charge in [0.2, 0.25) is 5.91 Å². The van der Waals surface area contributed by atoms with Gasteiger partial charge in [-0.15, -0.1) is 0 Å². The van der Waals surface area contributed by atoms with Gasteiger partial charge in [-0.3, -0.25) is 9.59 Å². The Labute approximate surface area is 152 Å². The first kappa shape index (κ1) is 15.6. The highest BCUT2D eigenvalue weighted by molar-refractivity contribution is 9.09. The van der Waals surface area contributed by atoms with E-state index in [1.807, 2.05) is 6.07 Å². The summed E-state index contributed by atoms with van der Waals surface area (Å²) in [7, 11) is 0. The second-order valence-corrected chi connectivity index (χ2v) is 8.06. The number of ether oxygens (including phenoxy) is 1. The van der Waals surface area contributed by atoms with E-state index in [2.05, 4.69) is 15.9 Å². The van der Waals surface area contributed by atoms with Crippen molar-refractivity contribution in [2.24, 2.45) is 0 Å². The van der Waals surface area contributed by atoms with Gasteiger partial charge >= 0.3 is 0 Å². The molecule has 2 aliphatic heterocycles. The lowest BCUT2D eigenvalue weighted by atomic mass is 9.49. The van der Waals surface area contributed by atoms with E-state index in [9.17, 15) is 19.8 Å². The summed E-state index contributed by atoms with van der Waals surface area (Å²) in [6.45, 7) is 0.471. The summed E-state index contributed by atoms with van der Waals surface area (Å²) in [5.74, 6) is 0.264. The van der Waals surface area contributed by atoms with Crippen LogP contribution in [0.2, 0.25) is 0 Å². The van der Waals surface area contributed by atoms with Crippen molar-refractivity contribution >= 4 is 27.6 Å². The maximum atomic E-state index is 12.6. The molecule has 2 heterocycles. The largest absolute Gasteiger partial charge is 0.504 e. The molecule has 132 valence electrons. The number of halogens is 1. The highest BCUT2D eigenvalue weighted by Crippen LogP contribution is 2.64. The van der Waals surface area contributed by atoms with Crippen LogP contribution in [0.25, 0.3) is 0 Å². The summed E-state index contributed by atoms with van der Waals surface area (Å²) in [5.41, 5.74) is -0.340. The Bertz CT molecular complexity index is 826. The fourth-order valence-corrected chi connectivity index (χ4v) is 6.02. The minimum atomic E-state index is -1.21. The van der Waals surface area contributed by atoms with Crippen molar-refractivity contribution in [3.05, 3.63) is 23.3 Å². The average Bonchev–Trinajstić information content (AvgIpc) is 2.95. The summed E-state index contributed by atoms with van der Waals surface area (Å²) in [6, 6.07) is 3.02. The molecule has 1 saturated heterocycles. The van der Waals surface area contributed by atoms with E-state index < -0.39 is 17.1 Å². The Kier molecular flexibility index (Phi) is 2.98. The van der Waals surface area contributed by atoms with Gasteiger partial charge in [-0.1, -0.05) is 22.0 Å². The Hall–Kier alpha value is -1.60. The molecule has 1 aromatic rings. The summed E-state index contributed by atoms with van der Waals surface area (Å²) < 4.78 is 5.94. The zero-order valence-corrected chi connectivity index (χ0v) is 15.1. The number of piperidine rings is 1. The first-order valence-electron chi connectivity index (χ1n) is 8.56. The third-order valence-corrected chi connectivity index (χ3v) is 7.17. The van der Waals surface area contributed by atoms with Crippen LogP contribution in [0, 0.1) is 0 Å². The SMILES string of the molecule is O=C1CC[C@@]2(O)[C@H]3Cc4ccc(O)c5c4[C@@]2(CCN3C(=O)CBr)[C@H]1O5. The number of Topliss-reactive ketones (excluding diaryl/α,β-unsaturated/α-hetero) is 1. The van der Waals surface area contributed by atoms with E-state index in [1.165, 1.54) is 0 Å². The molecule has 4 aliphatic rings. The molecule has 0 aromatic heterocycles. The molecule has 2 N–H and O–H groups in total. The fourth-order valence-electron chi connectivity index (χ4n) is 5.70. The number of amides is 1. The van der Waals surface area contributed by atoms with Crippen LogP contribution in [0.3, 0.4) is 0 Å². The molecule has 2 bridgehead atoms. The number of ketones is 1. The van der Waals surface area contributed by atoms with Gasteiger partial charge in [0, 0.05) is 18.5 Å². The van der Waals surface area contributed by atoms with Gasteiger partial charge in [-0.25, -0.2) is 0 Å². The number of alkyl halides is 1. The topological polar surface area (TPSA) is 87.1 Å². The lowest BCUT2D eigenvalue weighted by Crippen LogP contribution is -2.77. The first-order valence-corrected chi connectivity index (χ1v) is 9.68. The minimum Gasteiger partial charge on any atom is -0.504 e. The Morgan fingerprint density at radius 1 is 1.40 bits per heavy atom. The molecule has 0 unspecified atom stereocenters. The van der Waals surface area contributed by atoms with Gasteiger partial charge < -0.3 is 19.8 Å². The molecular weight excluding hydrogens is 390 g/mol. The molecule has 1 spiro atoms. The monoisotopic (exact) mass is 407 g/mol. The van der Waals surface area contributed by atoms with E-state index in [-0.39, 0.29) is 35.2 Å². The Balaban J connectivity index is 1.79. The molecule has 1 amide bonds. The third kappa shape index (κ3) is 1.60. The third-order valence-electron chi connectivity index (χ3n) is 6.69. The number of aromatic hydroxyl groups is 1. The maximum Gasteiger partial charge on any atom is 0.233 e. The van der Waals surface area contributed by atoms with Gasteiger partial charge in [0.25, 0.3) is 0 Å². The summed E-state index contributed by atoms with van der Waals surface area (Å²) >= 11 is 3.23. The lowest BCUT2D eigenvalue weighted by molar-refractivity contribution is -0.191. The number of nitrogens with zero attached hydrogens (tertiary/aromatic N) is 1. The van der Waals surface area contributed by atoms with Gasteiger partial charge in [0.05, 0.1) is 22.4 Å². The predicted molar refractivity (Wildman–Crippen MR) is 91.0 cm³/mol. The number of phenolic OH excluding ortho intramolecular Hbond substituents is 1. The smallest absolute Gasteiger partial charge is 0.233 e. The van der Waals surface area contributed by atoms with Crippen LogP contribution in [0.1, 0.15) is 30.4 Å². The highest BCUT2D eigenvalue weighted by atomic mass is 79.9. The van der Waals surface area contributed by atoms with Crippen LogP contribution in [0.15, 0.2) is 12.1 Å². The molecule has 25 heavy (non-hydrogen) atoms. The minimum absolute atomic E-state index is 0.00934. The van der Waals surface area contributed by atoms with E-state index in [0.29, 0.717) is 31.6 Å². The fraction of sp³-hybridized carbons (Fsp3) is 0.556. The molecule has 5 rings (SSSR count). The van der Waals surface area contributed by atoms with E-state index in [1.54, 1.807) is 11.0 Å². The summed E-state index contributed by atoms with van der Waals surface area (Å²) in [4.78, 5) is 26.8. The van der Waals surface area contributed by atoms with Crippen molar-refractivity contribution in [1.82, 2.24) is 4.90 Å². The van der Waals surface area contributed by atoms with Crippen LogP contribution < -0.4 is 4.74 Å². The van der Waals surface area contributed by atoms with Crippen molar-refractivity contribution in [2.45, 2.75) is 48.8 Å². The second-order valence-electron chi connectivity index (χ2n) is 7.50. The first-order chi connectivity index (χ1) is 11.9. The predicted octanol–water partition coefficient (Wildman–Crippen LogP) is 1.04. The average molecular weight is 408 g/mol. The molecule has 2 fully saturated rings.